The van der Waals surface area contributed by atoms with Gasteiger partial charge in [-0.3, -0.25) is 4.98 Å². The predicted octanol–water partition coefficient (Wildman–Crippen LogP) is 3.73. The highest BCUT2D eigenvalue weighted by Gasteiger charge is 2.13. The van der Waals surface area contributed by atoms with Crippen LogP contribution in [0.5, 0.6) is 5.75 Å². The Hall–Kier alpha value is -1.54. The molecule has 0 saturated carbocycles. The summed E-state index contributed by atoms with van der Waals surface area (Å²) in [5.74, 6) is 0.848. The number of nitrogens with zero attached hydrogens (tertiary/aromatic N) is 1. The van der Waals surface area contributed by atoms with E-state index in [1.165, 1.54) is 0 Å². The van der Waals surface area contributed by atoms with Crippen LogP contribution in [0, 0.1) is 6.92 Å². The number of halogens is 1. The molecule has 2 rings (SSSR count). The van der Waals surface area contributed by atoms with Gasteiger partial charge in [0.15, 0.2) is 0 Å². The number of rotatable bonds is 3. The number of pyridine rings is 1. The average molecular weight is 248 g/mol. The van der Waals surface area contributed by atoms with Crippen molar-refractivity contribution < 1.29 is 4.74 Å². The van der Waals surface area contributed by atoms with Crippen LogP contribution in [0.2, 0.25) is 0 Å². The SMILES string of the molecule is COc1ccc(C(Cl)c2cccnc2)c(C)c1. The standard InChI is InChI=1S/C14H14ClNO/c1-10-8-12(17-2)5-6-13(10)14(15)11-4-3-7-16-9-11/h3-9,14H,1-2H3. The minimum absolute atomic E-state index is 0.172. The molecular weight excluding hydrogens is 234 g/mol. The van der Waals surface area contributed by atoms with Gasteiger partial charge in [0.05, 0.1) is 12.5 Å². The maximum atomic E-state index is 6.45. The molecule has 0 fully saturated rings. The van der Waals surface area contributed by atoms with E-state index in [0.29, 0.717) is 0 Å². The molecular formula is C14H14ClNO. The minimum atomic E-state index is -0.172. The lowest BCUT2D eigenvalue weighted by Gasteiger charge is -2.13. The third kappa shape index (κ3) is 2.59. The smallest absolute Gasteiger partial charge is 0.119 e. The van der Waals surface area contributed by atoms with Crippen molar-refractivity contribution in [3.63, 3.8) is 0 Å². The third-order valence-corrected chi connectivity index (χ3v) is 3.21. The summed E-state index contributed by atoms with van der Waals surface area (Å²) in [4.78, 5) is 4.09. The molecule has 0 spiro atoms. The Balaban J connectivity index is 2.34. The van der Waals surface area contributed by atoms with E-state index in [4.69, 9.17) is 16.3 Å². The largest absolute Gasteiger partial charge is 0.497 e. The number of ether oxygens (including phenoxy) is 1. The van der Waals surface area contributed by atoms with Gasteiger partial charge in [0.1, 0.15) is 5.75 Å². The highest BCUT2D eigenvalue weighted by Crippen LogP contribution is 2.31. The monoisotopic (exact) mass is 247 g/mol. The van der Waals surface area contributed by atoms with Crippen LogP contribution in [0.25, 0.3) is 0 Å². The fourth-order valence-electron chi connectivity index (χ4n) is 1.76. The summed E-state index contributed by atoms with van der Waals surface area (Å²) >= 11 is 6.45. The van der Waals surface area contributed by atoms with Crippen LogP contribution in [0.1, 0.15) is 22.1 Å². The van der Waals surface area contributed by atoms with Crippen molar-refractivity contribution in [1.29, 1.82) is 0 Å². The Morgan fingerprint density at radius 2 is 2.12 bits per heavy atom. The van der Waals surface area contributed by atoms with Gasteiger partial charge >= 0.3 is 0 Å². The van der Waals surface area contributed by atoms with E-state index in [-0.39, 0.29) is 5.38 Å². The third-order valence-electron chi connectivity index (χ3n) is 2.73. The van der Waals surface area contributed by atoms with Crippen molar-refractivity contribution in [2.75, 3.05) is 7.11 Å². The molecule has 0 bridgehead atoms. The second-order valence-corrected chi connectivity index (χ2v) is 4.31. The first-order chi connectivity index (χ1) is 8.22. The predicted molar refractivity (Wildman–Crippen MR) is 69.7 cm³/mol. The molecule has 1 aromatic heterocycles. The fraction of sp³-hybridized carbons (Fsp3) is 0.214. The lowest BCUT2D eigenvalue weighted by molar-refractivity contribution is 0.414. The Kier molecular flexibility index (Phi) is 3.64. The minimum Gasteiger partial charge on any atom is -0.497 e. The first kappa shape index (κ1) is 11.9. The van der Waals surface area contributed by atoms with Crippen LogP contribution >= 0.6 is 11.6 Å². The van der Waals surface area contributed by atoms with E-state index < -0.39 is 0 Å². The average Bonchev–Trinajstić information content (AvgIpc) is 2.39. The number of hydrogen-bond acceptors (Lipinski definition) is 2. The van der Waals surface area contributed by atoms with E-state index >= 15 is 0 Å². The molecule has 0 aliphatic heterocycles. The van der Waals surface area contributed by atoms with E-state index in [9.17, 15) is 0 Å². The van der Waals surface area contributed by atoms with Gasteiger partial charge in [0, 0.05) is 12.4 Å². The second kappa shape index (κ2) is 5.19. The first-order valence-corrected chi connectivity index (χ1v) is 5.84. The fourth-order valence-corrected chi connectivity index (χ4v) is 2.14. The van der Waals surface area contributed by atoms with Gasteiger partial charge < -0.3 is 4.74 Å². The summed E-state index contributed by atoms with van der Waals surface area (Å²) in [7, 11) is 1.66. The lowest BCUT2D eigenvalue weighted by atomic mass is 10.0. The lowest BCUT2D eigenvalue weighted by Crippen LogP contribution is -1.97. The Morgan fingerprint density at radius 1 is 1.29 bits per heavy atom. The molecule has 0 radical (unpaired) electrons. The van der Waals surface area contributed by atoms with Gasteiger partial charge in [0.25, 0.3) is 0 Å². The zero-order valence-electron chi connectivity index (χ0n) is 9.85. The van der Waals surface area contributed by atoms with Crippen LogP contribution in [0.3, 0.4) is 0 Å². The van der Waals surface area contributed by atoms with Crippen molar-refractivity contribution in [3.05, 3.63) is 59.4 Å². The quantitative estimate of drug-likeness (QED) is 0.771. The Bertz CT molecular complexity index is 499. The summed E-state index contributed by atoms with van der Waals surface area (Å²) in [6.07, 6.45) is 3.54. The summed E-state index contributed by atoms with van der Waals surface area (Å²) in [5.41, 5.74) is 3.20. The zero-order chi connectivity index (χ0) is 12.3. The summed E-state index contributed by atoms with van der Waals surface area (Å²) in [5, 5.41) is -0.172. The van der Waals surface area contributed by atoms with Crippen molar-refractivity contribution in [2.24, 2.45) is 0 Å². The van der Waals surface area contributed by atoms with Crippen LogP contribution in [0.4, 0.5) is 0 Å². The molecule has 1 unspecified atom stereocenters. The van der Waals surface area contributed by atoms with Gasteiger partial charge in [-0.1, -0.05) is 12.1 Å². The zero-order valence-corrected chi connectivity index (χ0v) is 10.6. The molecule has 0 amide bonds. The summed E-state index contributed by atoms with van der Waals surface area (Å²) in [6.45, 7) is 2.03. The topological polar surface area (TPSA) is 22.1 Å². The van der Waals surface area contributed by atoms with Crippen molar-refractivity contribution >= 4 is 11.6 Å². The first-order valence-electron chi connectivity index (χ1n) is 5.41. The molecule has 17 heavy (non-hydrogen) atoms. The van der Waals surface area contributed by atoms with Gasteiger partial charge in [0.2, 0.25) is 0 Å². The molecule has 1 aromatic carbocycles. The van der Waals surface area contributed by atoms with Crippen LogP contribution in [-0.4, -0.2) is 12.1 Å². The summed E-state index contributed by atoms with van der Waals surface area (Å²) < 4.78 is 5.18. The van der Waals surface area contributed by atoms with Crippen molar-refractivity contribution in [1.82, 2.24) is 4.98 Å². The molecule has 1 heterocycles. The van der Waals surface area contributed by atoms with E-state index in [1.807, 2.05) is 37.3 Å². The number of benzene rings is 1. The molecule has 0 aliphatic carbocycles. The maximum Gasteiger partial charge on any atom is 0.119 e. The van der Waals surface area contributed by atoms with Crippen molar-refractivity contribution in [2.45, 2.75) is 12.3 Å². The Labute approximate surface area is 106 Å². The summed E-state index contributed by atoms with van der Waals surface area (Å²) in [6, 6.07) is 9.78. The molecule has 0 aliphatic rings. The van der Waals surface area contributed by atoms with Gasteiger partial charge in [-0.25, -0.2) is 0 Å². The van der Waals surface area contributed by atoms with Crippen LogP contribution in [0.15, 0.2) is 42.7 Å². The van der Waals surface area contributed by atoms with Gasteiger partial charge in [-0.05, 0) is 41.8 Å². The molecule has 0 N–H and O–H groups in total. The van der Waals surface area contributed by atoms with Gasteiger partial charge in [-0.15, -0.1) is 11.6 Å². The van der Waals surface area contributed by atoms with E-state index in [2.05, 4.69) is 4.98 Å². The molecule has 1 atom stereocenters. The number of aryl methyl sites for hydroxylation is 1. The van der Waals surface area contributed by atoms with Crippen LogP contribution in [-0.2, 0) is 0 Å². The van der Waals surface area contributed by atoms with E-state index in [1.54, 1.807) is 19.5 Å². The molecule has 2 nitrogen and oxygen atoms in total. The second-order valence-electron chi connectivity index (χ2n) is 3.87. The van der Waals surface area contributed by atoms with Crippen LogP contribution < -0.4 is 4.74 Å². The highest BCUT2D eigenvalue weighted by atomic mass is 35.5. The number of hydrogen-bond donors (Lipinski definition) is 0. The van der Waals surface area contributed by atoms with Gasteiger partial charge in [-0.2, -0.15) is 0 Å². The number of methoxy groups -OCH3 is 1. The maximum absolute atomic E-state index is 6.45. The number of aromatic nitrogens is 1. The van der Waals surface area contributed by atoms with Crippen molar-refractivity contribution in [3.8, 4) is 5.75 Å². The highest BCUT2D eigenvalue weighted by molar-refractivity contribution is 6.22. The number of alkyl halides is 1. The normalized spacial score (nSPS) is 12.2. The molecule has 3 heteroatoms. The molecule has 88 valence electrons. The Morgan fingerprint density at radius 3 is 2.71 bits per heavy atom. The molecule has 0 saturated heterocycles. The molecule has 2 aromatic rings. The van der Waals surface area contributed by atoms with E-state index in [0.717, 1.165) is 22.4 Å².